The molecule has 0 radical (unpaired) electrons. The van der Waals surface area contributed by atoms with E-state index >= 15 is 0 Å². The second-order valence-electron chi connectivity index (χ2n) is 5.17. The van der Waals surface area contributed by atoms with E-state index in [0.29, 0.717) is 28.3 Å². The molecule has 1 aromatic carbocycles. The van der Waals surface area contributed by atoms with Crippen molar-refractivity contribution < 1.29 is 8.94 Å². The summed E-state index contributed by atoms with van der Waals surface area (Å²) < 4.78 is 11.1. The highest BCUT2D eigenvalue weighted by Gasteiger charge is 2.17. The molecule has 0 aliphatic rings. The molecule has 0 bridgehead atoms. The van der Waals surface area contributed by atoms with Gasteiger partial charge in [0.1, 0.15) is 10.5 Å². The molecule has 0 fully saturated rings. The predicted molar refractivity (Wildman–Crippen MR) is 91.6 cm³/mol. The molecule has 7 nitrogen and oxygen atoms in total. The Kier molecular flexibility index (Phi) is 3.14. The molecule has 4 aromatic heterocycles. The summed E-state index contributed by atoms with van der Waals surface area (Å²) in [5, 5.41) is 5.69. The third-order valence-electron chi connectivity index (χ3n) is 3.55. The van der Waals surface area contributed by atoms with Crippen LogP contribution < -0.4 is 0 Å². The van der Waals surface area contributed by atoms with Crippen LogP contribution in [-0.2, 0) is 0 Å². The second kappa shape index (κ2) is 5.60. The molecule has 0 aliphatic heterocycles. The summed E-state index contributed by atoms with van der Waals surface area (Å²) in [5.74, 6) is 1.91. The lowest BCUT2D eigenvalue weighted by atomic mass is 10.2. The molecule has 0 aliphatic carbocycles. The van der Waals surface area contributed by atoms with Gasteiger partial charge in [-0.25, -0.2) is 15.0 Å². The summed E-state index contributed by atoms with van der Waals surface area (Å²) in [5.41, 5.74) is 0.783. The van der Waals surface area contributed by atoms with Gasteiger partial charge in [0.05, 0.1) is 6.20 Å². The van der Waals surface area contributed by atoms with Crippen molar-refractivity contribution in [2.75, 3.05) is 0 Å². The SMILES string of the molecule is c1cnc(-c2ncc(-c3nc(-c4cc5ccccc5o4)no3)s2)nc1. The molecule has 8 heteroatoms. The van der Waals surface area contributed by atoms with E-state index in [1.807, 2.05) is 30.3 Å². The Bertz CT molecular complexity index is 1130. The number of rotatable bonds is 3. The van der Waals surface area contributed by atoms with Crippen molar-refractivity contribution >= 4 is 22.3 Å². The minimum Gasteiger partial charge on any atom is -0.453 e. The zero-order valence-corrected chi connectivity index (χ0v) is 13.5. The van der Waals surface area contributed by atoms with Crippen molar-refractivity contribution in [1.82, 2.24) is 25.1 Å². The van der Waals surface area contributed by atoms with Crippen molar-refractivity contribution in [1.29, 1.82) is 0 Å². The van der Waals surface area contributed by atoms with Crippen LogP contribution in [-0.4, -0.2) is 25.1 Å². The summed E-state index contributed by atoms with van der Waals surface area (Å²) in [6.07, 6.45) is 5.03. The molecular weight excluding hydrogens is 338 g/mol. The van der Waals surface area contributed by atoms with Gasteiger partial charge in [0, 0.05) is 17.8 Å². The first-order valence-corrected chi connectivity index (χ1v) is 8.25. The number of furan rings is 1. The van der Waals surface area contributed by atoms with Crippen molar-refractivity contribution in [3.63, 3.8) is 0 Å². The van der Waals surface area contributed by atoms with Gasteiger partial charge < -0.3 is 8.94 Å². The van der Waals surface area contributed by atoms with Crippen LogP contribution >= 0.6 is 11.3 Å². The highest BCUT2D eigenvalue weighted by molar-refractivity contribution is 7.18. The summed E-state index contributed by atoms with van der Waals surface area (Å²) in [6.45, 7) is 0. The molecule has 0 saturated heterocycles. The van der Waals surface area contributed by atoms with Crippen LogP contribution in [0.2, 0.25) is 0 Å². The van der Waals surface area contributed by atoms with Crippen LogP contribution in [0.25, 0.3) is 44.2 Å². The van der Waals surface area contributed by atoms with E-state index in [0.717, 1.165) is 15.8 Å². The molecule has 0 atom stereocenters. The number of aromatic nitrogens is 5. The first kappa shape index (κ1) is 14.0. The van der Waals surface area contributed by atoms with Crippen molar-refractivity contribution in [2.45, 2.75) is 0 Å². The normalized spacial score (nSPS) is 11.2. The lowest BCUT2D eigenvalue weighted by molar-refractivity contribution is 0.431. The highest BCUT2D eigenvalue weighted by Crippen LogP contribution is 2.31. The Balaban J connectivity index is 1.49. The van der Waals surface area contributed by atoms with Gasteiger partial charge in [0.15, 0.2) is 16.6 Å². The number of para-hydroxylation sites is 1. The summed E-state index contributed by atoms with van der Waals surface area (Å²) >= 11 is 1.39. The first-order chi connectivity index (χ1) is 12.4. The van der Waals surface area contributed by atoms with Gasteiger partial charge in [0.2, 0.25) is 5.82 Å². The van der Waals surface area contributed by atoms with E-state index in [9.17, 15) is 0 Å². The molecule has 120 valence electrons. The molecule has 5 aromatic rings. The fraction of sp³-hybridized carbons (Fsp3) is 0. The Morgan fingerprint density at radius 1 is 0.920 bits per heavy atom. The molecule has 25 heavy (non-hydrogen) atoms. The summed E-state index contributed by atoms with van der Waals surface area (Å²) in [6, 6.07) is 11.4. The molecule has 0 unspecified atom stereocenters. The zero-order valence-electron chi connectivity index (χ0n) is 12.7. The van der Waals surface area contributed by atoms with Crippen molar-refractivity contribution in [3.8, 4) is 33.2 Å². The van der Waals surface area contributed by atoms with Crippen LogP contribution in [0.5, 0.6) is 0 Å². The maximum Gasteiger partial charge on any atom is 0.270 e. The number of nitrogens with zero attached hydrogens (tertiary/aromatic N) is 5. The van der Waals surface area contributed by atoms with E-state index in [1.54, 1.807) is 24.7 Å². The number of hydrogen-bond acceptors (Lipinski definition) is 8. The van der Waals surface area contributed by atoms with Crippen LogP contribution in [0.15, 0.2) is 63.9 Å². The topological polar surface area (TPSA) is 90.7 Å². The van der Waals surface area contributed by atoms with Crippen LogP contribution in [0, 0.1) is 0 Å². The monoisotopic (exact) mass is 347 g/mol. The molecule has 0 N–H and O–H groups in total. The van der Waals surface area contributed by atoms with Gasteiger partial charge in [-0.3, -0.25) is 0 Å². The van der Waals surface area contributed by atoms with E-state index < -0.39 is 0 Å². The number of fused-ring (bicyclic) bond motifs is 1. The average Bonchev–Trinajstić information content (AvgIpc) is 3.39. The maximum absolute atomic E-state index is 5.76. The third kappa shape index (κ3) is 2.48. The fourth-order valence-corrected chi connectivity index (χ4v) is 3.19. The molecule has 0 saturated carbocycles. The minimum atomic E-state index is 0.384. The smallest absolute Gasteiger partial charge is 0.270 e. The Labute approximate surface area is 145 Å². The van der Waals surface area contributed by atoms with E-state index in [-0.39, 0.29) is 0 Å². The van der Waals surface area contributed by atoms with Gasteiger partial charge in [-0.05, 0) is 18.2 Å². The molecule has 0 amide bonds. The highest BCUT2D eigenvalue weighted by atomic mass is 32.1. The Hall–Kier alpha value is -3.39. The Morgan fingerprint density at radius 2 is 1.80 bits per heavy atom. The zero-order chi connectivity index (χ0) is 16.6. The minimum absolute atomic E-state index is 0.384. The van der Waals surface area contributed by atoms with Gasteiger partial charge in [-0.15, -0.1) is 11.3 Å². The van der Waals surface area contributed by atoms with Gasteiger partial charge in [0.25, 0.3) is 5.89 Å². The molecular formula is C17H9N5O2S. The lowest BCUT2D eigenvalue weighted by Crippen LogP contribution is -1.84. The van der Waals surface area contributed by atoms with Gasteiger partial charge in [-0.2, -0.15) is 4.98 Å². The second-order valence-corrected chi connectivity index (χ2v) is 6.20. The van der Waals surface area contributed by atoms with Crippen LogP contribution in [0.1, 0.15) is 0 Å². The first-order valence-electron chi connectivity index (χ1n) is 7.43. The molecule has 0 spiro atoms. The standard InChI is InChI=1S/C17H9N5O2S/c1-2-5-11-10(4-1)8-12(23-11)14-21-16(24-22-14)13-9-20-17(25-13)15-18-6-3-7-19-15/h1-9H. The van der Waals surface area contributed by atoms with Crippen molar-refractivity contribution in [3.05, 3.63) is 55.0 Å². The number of thiazole rings is 1. The van der Waals surface area contributed by atoms with E-state index in [1.165, 1.54) is 11.3 Å². The van der Waals surface area contributed by atoms with Crippen LogP contribution in [0.4, 0.5) is 0 Å². The van der Waals surface area contributed by atoms with Crippen LogP contribution in [0.3, 0.4) is 0 Å². The number of hydrogen-bond donors (Lipinski definition) is 0. The summed E-state index contributed by atoms with van der Waals surface area (Å²) in [7, 11) is 0. The van der Waals surface area contributed by atoms with Crippen molar-refractivity contribution in [2.24, 2.45) is 0 Å². The Morgan fingerprint density at radius 3 is 2.68 bits per heavy atom. The van der Waals surface area contributed by atoms with E-state index in [4.69, 9.17) is 8.94 Å². The fourth-order valence-electron chi connectivity index (χ4n) is 2.40. The quantitative estimate of drug-likeness (QED) is 0.486. The lowest BCUT2D eigenvalue weighted by Gasteiger charge is -1.90. The van der Waals surface area contributed by atoms with Gasteiger partial charge in [-0.1, -0.05) is 23.4 Å². The largest absolute Gasteiger partial charge is 0.453 e. The number of benzene rings is 1. The average molecular weight is 347 g/mol. The molecule has 5 rings (SSSR count). The third-order valence-corrected chi connectivity index (χ3v) is 4.53. The van der Waals surface area contributed by atoms with Gasteiger partial charge >= 0.3 is 0 Å². The predicted octanol–water partition coefficient (Wildman–Crippen LogP) is 4.06. The molecule has 4 heterocycles. The maximum atomic E-state index is 5.76. The van der Waals surface area contributed by atoms with E-state index in [2.05, 4.69) is 25.1 Å². The summed E-state index contributed by atoms with van der Waals surface area (Å²) in [4.78, 5) is 17.9.